The van der Waals surface area contributed by atoms with Crippen molar-refractivity contribution < 1.29 is 4.21 Å². The highest BCUT2D eigenvalue weighted by molar-refractivity contribution is 7.93. The van der Waals surface area contributed by atoms with Crippen LogP contribution in [0.4, 0.5) is 0 Å². The zero-order valence-electron chi connectivity index (χ0n) is 11.3. The molecule has 0 aromatic rings. The third-order valence-electron chi connectivity index (χ3n) is 1.94. The summed E-state index contributed by atoms with van der Waals surface area (Å²) in [4.78, 5) is 0. The summed E-state index contributed by atoms with van der Waals surface area (Å²) in [7, 11) is -3.31. The van der Waals surface area contributed by atoms with Gasteiger partial charge in [0, 0.05) is 16.2 Å². The number of rotatable bonds is 5. The predicted octanol–water partition coefficient (Wildman–Crippen LogP) is 3.78. The summed E-state index contributed by atoms with van der Waals surface area (Å²) in [5, 5.41) is 0.920. The largest absolute Gasteiger partial charge is 0.255 e. The van der Waals surface area contributed by atoms with Crippen molar-refractivity contribution in [2.75, 3.05) is 5.38 Å². The van der Waals surface area contributed by atoms with Crippen LogP contribution in [-0.2, 0) is 10.8 Å². The van der Waals surface area contributed by atoms with Crippen molar-refractivity contribution in [1.29, 1.82) is 0 Å². The Hall–Kier alpha value is 0.324. The maximum Gasteiger partial charge on any atom is 0.0886 e. The Morgan fingerprint density at radius 1 is 1.13 bits per heavy atom. The van der Waals surface area contributed by atoms with E-state index in [-0.39, 0.29) is 0 Å². The summed E-state index contributed by atoms with van der Waals surface area (Å²) >= 11 is 0. The van der Waals surface area contributed by atoms with Gasteiger partial charge in [-0.3, -0.25) is 4.21 Å². The van der Waals surface area contributed by atoms with Gasteiger partial charge >= 0.3 is 0 Å². The van der Waals surface area contributed by atoms with Gasteiger partial charge in [0.1, 0.15) is 0 Å². The topological polar surface area (TPSA) is 17.1 Å². The molecule has 0 aromatic heterocycles. The minimum atomic E-state index is -1.39. The molecule has 0 N–H and O–H groups in total. The van der Waals surface area contributed by atoms with Crippen molar-refractivity contribution in [3.63, 3.8) is 0 Å². The van der Waals surface area contributed by atoms with E-state index >= 15 is 0 Å². The van der Waals surface area contributed by atoms with Gasteiger partial charge in [0.05, 0.1) is 16.1 Å². The summed E-state index contributed by atoms with van der Waals surface area (Å²) < 4.78 is 13.6. The monoisotopic (exact) mass is 262 g/mol. The molecular weight excluding hydrogens is 236 g/mol. The van der Waals surface area contributed by atoms with E-state index < -0.39 is 26.9 Å². The van der Waals surface area contributed by atoms with E-state index in [0.717, 1.165) is 11.8 Å². The lowest BCUT2D eigenvalue weighted by atomic mass is 10.5. The van der Waals surface area contributed by atoms with Crippen molar-refractivity contribution in [3.05, 3.63) is 10.6 Å². The van der Waals surface area contributed by atoms with Gasteiger partial charge in [-0.2, -0.15) is 0 Å². The minimum absolute atomic E-state index is 0.712. The van der Waals surface area contributed by atoms with E-state index in [9.17, 15) is 4.21 Å². The van der Waals surface area contributed by atoms with Crippen LogP contribution in [0.2, 0.25) is 39.3 Å². The highest BCUT2D eigenvalue weighted by Gasteiger charge is 2.27. The van der Waals surface area contributed by atoms with Crippen molar-refractivity contribution in [2.24, 2.45) is 0 Å². The molecule has 1 nitrogen and oxygen atoms in total. The van der Waals surface area contributed by atoms with Gasteiger partial charge in [-0.15, -0.1) is 0 Å². The van der Waals surface area contributed by atoms with Gasteiger partial charge in [0.2, 0.25) is 0 Å². The first-order valence-corrected chi connectivity index (χ1v) is 14.2. The molecule has 0 rings (SSSR count). The molecule has 90 valence electrons. The van der Waals surface area contributed by atoms with Gasteiger partial charge in [-0.1, -0.05) is 52.3 Å². The van der Waals surface area contributed by atoms with E-state index in [1.54, 1.807) is 0 Å². The van der Waals surface area contributed by atoms with Crippen molar-refractivity contribution in [3.8, 4) is 0 Å². The molecule has 0 aromatic carbocycles. The fraction of sp³-hybridized carbons (Fsp3) is 0.818. The van der Waals surface area contributed by atoms with Crippen LogP contribution in [0, 0.1) is 0 Å². The fourth-order valence-electron chi connectivity index (χ4n) is 1.40. The molecule has 0 amide bonds. The highest BCUT2D eigenvalue weighted by atomic mass is 32.2. The van der Waals surface area contributed by atoms with Crippen LogP contribution in [0.3, 0.4) is 0 Å². The van der Waals surface area contributed by atoms with Crippen LogP contribution >= 0.6 is 0 Å². The van der Waals surface area contributed by atoms with Gasteiger partial charge in [0.15, 0.2) is 0 Å². The Balaban J connectivity index is 4.83. The lowest BCUT2D eigenvalue weighted by Crippen LogP contribution is -2.35. The van der Waals surface area contributed by atoms with E-state index in [1.807, 2.05) is 0 Å². The average molecular weight is 263 g/mol. The van der Waals surface area contributed by atoms with Crippen LogP contribution in [0.25, 0.3) is 0 Å². The molecule has 0 spiro atoms. The van der Waals surface area contributed by atoms with E-state index in [4.69, 9.17) is 0 Å². The number of allylic oxidation sites excluding steroid dienone is 1. The van der Waals surface area contributed by atoms with Gasteiger partial charge in [0.25, 0.3) is 0 Å². The Bertz CT molecular complexity index is 259. The molecule has 0 fully saturated rings. The Morgan fingerprint density at radius 3 is 1.87 bits per heavy atom. The van der Waals surface area contributed by atoms with Crippen LogP contribution in [0.1, 0.15) is 13.3 Å². The molecule has 0 saturated carbocycles. The summed E-state index contributed by atoms with van der Waals surface area (Å²) in [6.07, 6.45) is 3.22. The summed E-state index contributed by atoms with van der Waals surface area (Å²) in [6.45, 7) is 15.9. The number of hydrogen-bond donors (Lipinski definition) is 0. The first-order chi connectivity index (χ1) is 6.58. The summed E-state index contributed by atoms with van der Waals surface area (Å²) in [5.74, 6) is 0. The van der Waals surface area contributed by atoms with E-state index in [0.29, 0.717) is 0 Å². The molecule has 1 atom stereocenters. The molecular formula is C11H26OSSi2. The first kappa shape index (κ1) is 15.3. The minimum Gasteiger partial charge on any atom is -0.255 e. The number of hydrogen-bond acceptors (Lipinski definition) is 1. The first-order valence-electron chi connectivity index (χ1n) is 5.67. The molecule has 1 unspecified atom stereocenters. The maximum absolute atomic E-state index is 12.3. The molecule has 0 radical (unpaired) electrons. The zero-order valence-corrected chi connectivity index (χ0v) is 14.1. The van der Waals surface area contributed by atoms with Crippen molar-refractivity contribution in [2.45, 2.75) is 52.6 Å². The van der Waals surface area contributed by atoms with Crippen LogP contribution in [0.5, 0.6) is 0 Å². The smallest absolute Gasteiger partial charge is 0.0886 e. The SMILES string of the molecule is CC/C=C(/S(=O)C[Si](C)(C)C)[Si](C)(C)C. The average Bonchev–Trinajstić information content (AvgIpc) is 1.93. The van der Waals surface area contributed by atoms with Crippen molar-refractivity contribution in [1.82, 2.24) is 0 Å². The van der Waals surface area contributed by atoms with E-state index in [1.165, 1.54) is 4.53 Å². The zero-order chi connectivity index (χ0) is 12.3. The lowest BCUT2D eigenvalue weighted by Gasteiger charge is -2.23. The van der Waals surface area contributed by atoms with E-state index in [2.05, 4.69) is 52.3 Å². The van der Waals surface area contributed by atoms with Crippen molar-refractivity contribution >= 4 is 26.9 Å². The van der Waals surface area contributed by atoms with Gasteiger partial charge in [-0.05, 0) is 10.9 Å². The standard InChI is InChI=1S/C11H26OSSi2/c1-8-9-11(15(5,6)7)13(12)10-14(2,3)4/h9H,8,10H2,1-7H3/b11-9-. The quantitative estimate of drug-likeness (QED) is 0.689. The summed E-state index contributed by atoms with van der Waals surface area (Å²) in [6, 6.07) is 0. The fourth-order valence-corrected chi connectivity index (χ4v) is 9.72. The molecule has 0 aliphatic carbocycles. The third kappa shape index (κ3) is 6.48. The maximum atomic E-state index is 12.3. The molecule has 0 heterocycles. The Labute approximate surface area is 99.8 Å². The van der Waals surface area contributed by atoms with Gasteiger partial charge < -0.3 is 0 Å². The third-order valence-corrected chi connectivity index (χ3v) is 11.3. The second kappa shape index (κ2) is 5.59. The van der Waals surface area contributed by atoms with Crippen LogP contribution < -0.4 is 0 Å². The lowest BCUT2D eigenvalue weighted by molar-refractivity contribution is 0.690. The van der Waals surface area contributed by atoms with Gasteiger partial charge in [-0.25, -0.2) is 0 Å². The molecule has 15 heavy (non-hydrogen) atoms. The summed E-state index contributed by atoms with van der Waals surface area (Å²) in [5.41, 5.74) is 0. The normalized spacial score (nSPS) is 16.6. The second-order valence-electron chi connectivity index (χ2n) is 6.28. The molecule has 0 aliphatic rings. The second-order valence-corrected chi connectivity index (χ2v) is 19.1. The molecule has 0 saturated heterocycles. The van der Waals surface area contributed by atoms with Crippen LogP contribution in [0.15, 0.2) is 10.6 Å². The molecule has 0 bridgehead atoms. The predicted molar refractivity (Wildman–Crippen MR) is 78.1 cm³/mol. The Morgan fingerprint density at radius 2 is 1.60 bits per heavy atom. The molecule has 4 heteroatoms. The van der Waals surface area contributed by atoms with Crippen LogP contribution in [-0.4, -0.2) is 25.7 Å². The Kier molecular flexibility index (Phi) is 5.71. The molecule has 0 aliphatic heterocycles. The highest BCUT2D eigenvalue weighted by Crippen LogP contribution is 2.21.